The third-order valence-electron chi connectivity index (χ3n) is 2.68. The highest BCUT2D eigenvalue weighted by molar-refractivity contribution is 8.76. The van der Waals surface area contributed by atoms with Crippen molar-refractivity contribution in [3.63, 3.8) is 0 Å². The maximum Gasteiger partial charge on any atom is 0.326 e. The molecular weight excluding hydrogens is 274 g/mol. The van der Waals surface area contributed by atoms with Gasteiger partial charge in [-0.15, -0.1) is 0 Å². The van der Waals surface area contributed by atoms with Gasteiger partial charge in [0.15, 0.2) is 0 Å². The fourth-order valence-corrected chi connectivity index (χ4v) is 4.19. The molecule has 1 fully saturated rings. The van der Waals surface area contributed by atoms with Crippen molar-refractivity contribution >= 4 is 39.4 Å². The van der Waals surface area contributed by atoms with Crippen LogP contribution in [-0.2, 0) is 14.4 Å². The summed E-state index contributed by atoms with van der Waals surface area (Å²) in [6, 6.07) is -1.05. The number of likely N-dealkylation sites (tertiary alicyclic amines) is 1. The molecule has 1 unspecified atom stereocenters. The number of carboxylic acid groups (broad SMARTS) is 1. The Morgan fingerprint density at radius 3 is 2.28 bits per heavy atom. The van der Waals surface area contributed by atoms with E-state index >= 15 is 0 Å². The van der Waals surface area contributed by atoms with Gasteiger partial charge in [-0.2, -0.15) is 0 Å². The zero-order valence-electron chi connectivity index (χ0n) is 10.6. The van der Waals surface area contributed by atoms with Crippen LogP contribution in [0.25, 0.3) is 0 Å². The zero-order valence-corrected chi connectivity index (χ0v) is 12.3. The first-order valence-corrected chi connectivity index (χ1v) is 8.14. The molecule has 1 rings (SSSR count). The molecule has 0 aromatic carbocycles. The summed E-state index contributed by atoms with van der Waals surface area (Å²) < 4.78 is -0.314. The normalized spacial score (nSPS) is 18.3. The molecule has 0 aromatic heterocycles. The molecule has 2 amide bonds. The maximum atomic E-state index is 11.6. The Morgan fingerprint density at radius 2 is 1.89 bits per heavy atom. The van der Waals surface area contributed by atoms with Crippen LogP contribution in [0, 0.1) is 0 Å². The minimum atomic E-state index is -1.12. The van der Waals surface area contributed by atoms with Crippen LogP contribution in [0.4, 0.5) is 0 Å². The van der Waals surface area contributed by atoms with Crippen molar-refractivity contribution < 1.29 is 19.5 Å². The molecule has 0 aliphatic carbocycles. The molecule has 1 aliphatic rings. The predicted molar refractivity (Wildman–Crippen MR) is 72.3 cm³/mol. The lowest BCUT2D eigenvalue weighted by atomic mass is 10.0. The van der Waals surface area contributed by atoms with Gasteiger partial charge in [0, 0.05) is 17.6 Å². The van der Waals surface area contributed by atoms with E-state index in [9.17, 15) is 19.5 Å². The number of carbonyl (C=O) groups excluding carboxylic acids is 2. The van der Waals surface area contributed by atoms with Crippen molar-refractivity contribution in [2.45, 2.75) is 43.9 Å². The van der Waals surface area contributed by atoms with E-state index in [1.54, 1.807) is 21.6 Å². The maximum absolute atomic E-state index is 11.6. The van der Waals surface area contributed by atoms with Crippen LogP contribution in [0.1, 0.15) is 33.1 Å². The van der Waals surface area contributed by atoms with Crippen molar-refractivity contribution in [3.8, 4) is 0 Å². The summed E-state index contributed by atoms with van der Waals surface area (Å²) in [7, 11) is 3.09. The summed E-state index contributed by atoms with van der Waals surface area (Å²) >= 11 is 0. The second kappa shape index (κ2) is 5.97. The lowest BCUT2D eigenvalue weighted by molar-refractivity contribution is -0.154. The summed E-state index contributed by atoms with van der Waals surface area (Å²) in [5.74, 6) is -1.87. The lowest BCUT2D eigenvalue weighted by Gasteiger charge is -2.30. The quantitative estimate of drug-likeness (QED) is 0.594. The number of amides is 2. The number of imide groups is 1. The van der Waals surface area contributed by atoms with Crippen molar-refractivity contribution in [2.24, 2.45) is 0 Å². The Kier molecular flexibility index (Phi) is 5.10. The molecule has 7 heteroatoms. The van der Waals surface area contributed by atoms with Crippen LogP contribution < -0.4 is 0 Å². The van der Waals surface area contributed by atoms with Gasteiger partial charge in [0.1, 0.15) is 6.04 Å². The second-order valence-electron chi connectivity index (χ2n) is 4.73. The number of nitrogens with zero attached hydrogens (tertiary/aromatic N) is 1. The van der Waals surface area contributed by atoms with Crippen molar-refractivity contribution in [2.75, 3.05) is 6.26 Å². The van der Waals surface area contributed by atoms with Gasteiger partial charge in [-0.25, -0.2) is 4.79 Å². The van der Waals surface area contributed by atoms with Crippen molar-refractivity contribution in [3.05, 3.63) is 0 Å². The summed E-state index contributed by atoms with van der Waals surface area (Å²) in [5, 5.41) is 9.24. The van der Waals surface area contributed by atoms with E-state index in [-0.39, 0.29) is 35.8 Å². The van der Waals surface area contributed by atoms with Crippen LogP contribution in [-0.4, -0.2) is 44.8 Å². The summed E-state index contributed by atoms with van der Waals surface area (Å²) in [5.41, 5.74) is 0. The zero-order chi connectivity index (χ0) is 13.9. The third kappa shape index (κ3) is 3.65. The molecular formula is C11H17NO4S2. The van der Waals surface area contributed by atoms with E-state index < -0.39 is 12.0 Å². The minimum Gasteiger partial charge on any atom is -0.480 e. The van der Waals surface area contributed by atoms with E-state index in [0.717, 1.165) is 4.90 Å². The Bertz CT molecular complexity index is 354. The SMILES string of the molecule is CSSC(C)(C)CC(C(=O)O)N1C(=O)CCC1=O. The van der Waals surface area contributed by atoms with Crippen LogP contribution in [0.5, 0.6) is 0 Å². The summed E-state index contributed by atoms with van der Waals surface area (Å²) in [4.78, 5) is 35.4. The van der Waals surface area contributed by atoms with Crippen LogP contribution in [0.15, 0.2) is 0 Å². The number of carbonyl (C=O) groups is 3. The molecule has 102 valence electrons. The number of aliphatic carboxylic acids is 1. The highest BCUT2D eigenvalue weighted by Crippen LogP contribution is 2.38. The monoisotopic (exact) mass is 291 g/mol. The fourth-order valence-electron chi connectivity index (χ4n) is 1.96. The van der Waals surface area contributed by atoms with Gasteiger partial charge in [0.25, 0.3) is 0 Å². The molecule has 1 heterocycles. The van der Waals surface area contributed by atoms with E-state index in [1.165, 1.54) is 0 Å². The minimum absolute atomic E-state index is 0.124. The average Bonchev–Trinajstić information content (AvgIpc) is 2.55. The molecule has 0 saturated carbocycles. The fraction of sp³-hybridized carbons (Fsp3) is 0.727. The molecule has 1 atom stereocenters. The van der Waals surface area contributed by atoms with E-state index in [4.69, 9.17) is 0 Å². The van der Waals surface area contributed by atoms with Crippen molar-refractivity contribution in [1.29, 1.82) is 0 Å². The number of carboxylic acids is 1. The van der Waals surface area contributed by atoms with Gasteiger partial charge < -0.3 is 5.11 Å². The smallest absolute Gasteiger partial charge is 0.326 e. The molecule has 1 aliphatic heterocycles. The third-order valence-corrected chi connectivity index (χ3v) is 5.32. The first kappa shape index (κ1) is 15.4. The van der Waals surface area contributed by atoms with Gasteiger partial charge in [-0.1, -0.05) is 21.6 Å². The number of hydrogen-bond donors (Lipinski definition) is 1. The average molecular weight is 291 g/mol. The van der Waals surface area contributed by atoms with Gasteiger partial charge >= 0.3 is 5.97 Å². The molecule has 0 radical (unpaired) electrons. The van der Waals surface area contributed by atoms with E-state index in [0.29, 0.717) is 0 Å². The van der Waals surface area contributed by atoms with Crippen LogP contribution in [0.3, 0.4) is 0 Å². The molecule has 1 saturated heterocycles. The largest absolute Gasteiger partial charge is 0.480 e. The van der Waals surface area contributed by atoms with Crippen LogP contribution >= 0.6 is 21.6 Å². The first-order chi connectivity index (χ1) is 8.28. The number of rotatable bonds is 6. The Labute approximate surface area is 114 Å². The Hall–Kier alpha value is -0.690. The first-order valence-electron chi connectivity index (χ1n) is 5.58. The van der Waals surface area contributed by atoms with Gasteiger partial charge in [0.2, 0.25) is 11.8 Å². The van der Waals surface area contributed by atoms with E-state index in [1.807, 2.05) is 20.1 Å². The highest BCUT2D eigenvalue weighted by Gasteiger charge is 2.41. The van der Waals surface area contributed by atoms with E-state index in [2.05, 4.69) is 0 Å². The molecule has 5 nitrogen and oxygen atoms in total. The second-order valence-corrected chi connectivity index (χ2v) is 7.83. The molecule has 0 spiro atoms. The molecule has 0 bridgehead atoms. The standard InChI is InChI=1S/C11H17NO4S2/c1-11(2,18-17-3)6-7(10(15)16)12-8(13)4-5-9(12)14/h7H,4-6H2,1-3H3,(H,15,16). The van der Waals surface area contributed by atoms with Gasteiger partial charge in [0.05, 0.1) is 0 Å². The van der Waals surface area contributed by atoms with Crippen LogP contribution in [0.2, 0.25) is 0 Å². The van der Waals surface area contributed by atoms with Crippen molar-refractivity contribution in [1.82, 2.24) is 4.90 Å². The topological polar surface area (TPSA) is 74.7 Å². The Morgan fingerprint density at radius 1 is 1.39 bits per heavy atom. The molecule has 0 aromatic rings. The molecule has 18 heavy (non-hydrogen) atoms. The van der Waals surface area contributed by atoms with Gasteiger partial charge in [-0.05, 0) is 26.5 Å². The Balaban J connectivity index is 2.87. The molecule has 1 N–H and O–H groups in total. The summed E-state index contributed by atoms with van der Waals surface area (Å²) in [6.45, 7) is 3.82. The highest BCUT2D eigenvalue weighted by atomic mass is 33.1. The predicted octanol–water partition coefficient (Wildman–Crippen LogP) is 1.77. The lowest BCUT2D eigenvalue weighted by Crippen LogP contribution is -2.47. The summed E-state index contributed by atoms with van der Waals surface area (Å²) in [6.07, 6.45) is 2.41. The number of hydrogen-bond acceptors (Lipinski definition) is 5. The van der Waals surface area contributed by atoms with Gasteiger partial charge in [-0.3, -0.25) is 14.5 Å².